The fourth-order valence-electron chi connectivity index (χ4n) is 4.19. The molecule has 4 N–H and O–H groups in total. The summed E-state index contributed by atoms with van der Waals surface area (Å²) in [5.74, 6) is -0.195. The van der Waals surface area contributed by atoms with Crippen molar-refractivity contribution in [3.63, 3.8) is 0 Å². The number of carbonyl (C=O) groups excluding carboxylic acids is 2. The van der Waals surface area contributed by atoms with Crippen LogP contribution >= 0.6 is 0 Å². The minimum atomic E-state index is -1.06. The lowest BCUT2D eigenvalue weighted by molar-refractivity contribution is -0.190. The molecule has 2 amide bonds. The second-order valence-electron chi connectivity index (χ2n) is 8.24. The molecule has 2 atom stereocenters. The molecule has 0 aliphatic carbocycles. The monoisotopic (exact) mass is 394 g/mol. The van der Waals surface area contributed by atoms with E-state index < -0.39 is 17.2 Å². The Labute approximate surface area is 163 Å². The summed E-state index contributed by atoms with van der Waals surface area (Å²) in [5, 5.41) is 18.9. The molecule has 9 nitrogen and oxygen atoms in total. The SMILES string of the molecule is CCC(=O)N[C@H]1COC2(CCN(C(=O)Cc3c(C)[nH][nH]c3=O)CC2)C[C@]1(C)O. The summed E-state index contributed by atoms with van der Waals surface area (Å²) < 4.78 is 6.10. The van der Waals surface area contributed by atoms with Gasteiger partial charge in [0.1, 0.15) is 0 Å². The number of ether oxygens (including phenoxy) is 1. The lowest BCUT2D eigenvalue weighted by Crippen LogP contribution is -2.64. The Bertz CT molecular complexity index is 788. The van der Waals surface area contributed by atoms with Gasteiger partial charge in [-0.05, 0) is 26.7 Å². The molecule has 3 heterocycles. The van der Waals surface area contributed by atoms with E-state index in [1.165, 1.54) is 0 Å². The molecular weight excluding hydrogens is 364 g/mol. The van der Waals surface area contributed by atoms with Crippen molar-refractivity contribution in [1.82, 2.24) is 20.4 Å². The zero-order valence-corrected chi connectivity index (χ0v) is 16.8. The van der Waals surface area contributed by atoms with Crippen molar-refractivity contribution in [1.29, 1.82) is 0 Å². The van der Waals surface area contributed by atoms with E-state index in [1.54, 1.807) is 25.7 Å². The van der Waals surface area contributed by atoms with E-state index in [0.717, 1.165) is 0 Å². The molecule has 28 heavy (non-hydrogen) atoms. The quantitative estimate of drug-likeness (QED) is 0.571. The number of carbonyl (C=O) groups is 2. The van der Waals surface area contributed by atoms with Gasteiger partial charge >= 0.3 is 0 Å². The molecule has 2 aliphatic heterocycles. The standard InChI is InChI=1S/C19H30N4O5/c1-4-15(24)20-14-10-28-19(11-18(14,3)27)5-7-23(8-6-19)16(25)9-13-12(2)21-22-17(13)26/h14,27H,4-11H2,1-3H3,(H,20,24)(H2,21,22,26)/t14-,18-/m0/s1. The molecule has 2 fully saturated rings. The zero-order valence-electron chi connectivity index (χ0n) is 16.8. The Morgan fingerprint density at radius 1 is 1.32 bits per heavy atom. The molecule has 1 aromatic rings. The van der Waals surface area contributed by atoms with Crippen LogP contribution in [0.1, 0.15) is 50.8 Å². The van der Waals surface area contributed by atoms with Crippen molar-refractivity contribution >= 4 is 11.8 Å². The average molecular weight is 394 g/mol. The number of likely N-dealkylation sites (tertiary alicyclic amines) is 1. The van der Waals surface area contributed by atoms with E-state index in [0.29, 0.717) is 50.0 Å². The van der Waals surface area contributed by atoms with Crippen LogP contribution in [0, 0.1) is 6.92 Å². The number of nitrogens with zero attached hydrogens (tertiary/aromatic N) is 1. The topological polar surface area (TPSA) is 128 Å². The van der Waals surface area contributed by atoms with Gasteiger partial charge in [-0.1, -0.05) is 6.92 Å². The number of aromatic amines is 2. The fraction of sp³-hybridized carbons (Fsp3) is 0.737. The van der Waals surface area contributed by atoms with E-state index >= 15 is 0 Å². The average Bonchev–Trinajstić information content (AvgIpc) is 2.96. The number of H-pyrrole nitrogens is 2. The second-order valence-corrected chi connectivity index (χ2v) is 8.24. The number of nitrogens with one attached hydrogen (secondary N) is 3. The van der Waals surface area contributed by atoms with Gasteiger partial charge in [-0.2, -0.15) is 0 Å². The van der Waals surface area contributed by atoms with Crippen LogP contribution in [0.3, 0.4) is 0 Å². The van der Waals surface area contributed by atoms with E-state index in [-0.39, 0.29) is 30.4 Å². The molecule has 0 radical (unpaired) electrons. The lowest BCUT2D eigenvalue weighted by Gasteiger charge is -2.51. The molecule has 0 saturated carbocycles. The zero-order chi connectivity index (χ0) is 20.5. The van der Waals surface area contributed by atoms with E-state index in [9.17, 15) is 19.5 Å². The van der Waals surface area contributed by atoms with E-state index in [4.69, 9.17) is 4.74 Å². The van der Waals surface area contributed by atoms with E-state index in [2.05, 4.69) is 15.5 Å². The smallest absolute Gasteiger partial charge is 0.267 e. The van der Waals surface area contributed by atoms with Gasteiger partial charge in [0.05, 0.1) is 30.3 Å². The molecule has 2 aliphatic rings. The van der Waals surface area contributed by atoms with Gasteiger partial charge in [-0.15, -0.1) is 0 Å². The van der Waals surface area contributed by atoms with Crippen molar-refractivity contribution in [2.45, 2.75) is 70.1 Å². The van der Waals surface area contributed by atoms with Crippen molar-refractivity contribution in [3.05, 3.63) is 21.6 Å². The molecule has 1 aromatic heterocycles. The lowest BCUT2D eigenvalue weighted by atomic mass is 9.75. The third kappa shape index (κ3) is 4.15. The van der Waals surface area contributed by atoms with Crippen LogP contribution < -0.4 is 10.9 Å². The van der Waals surface area contributed by atoms with Crippen molar-refractivity contribution in [3.8, 4) is 0 Å². The Morgan fingerprint density at radius 3 is 2.54 bits per heavy atom. The van der Waals surface area contributed by atoms with Crippen LogP contribution in [0.4, 0.5) is 0 Å². The maximum Gasteiger partial charge on any atom is 0.267 e. The highest BCUT2D eigenvalue weighted by Gasteiger charge is 2.49. The molecule has 1 spiro atoms. The van der Waals surface area contributed by atoms with Gasteiger partial charge in [0.2, 0.25) is 11.8 Å². The summed E-state index contributed by atoms with van der Waals surface area (Å²) in [5.41, 5.74) is -0.665. The van der Waals surface area contributed by atoms with Gasteiger partial charge in [-0.25, -0.2) is 0 Å². The van der Waals surface area contributed by atoms with Gasteiger partial charge in [0.25, 0.3) is 5.56 Å². The Kier molecular flexibility index (Phi) is 5.67. The largest absolute Gasteiger partial charge is 0.388 e. The number of aliphatic hydroxyl groups is 1. The molecule has 156 valence electrons. The van der Waals surface area contributed by atoms with Crippen LogP contribution in [-0.4, -0.2) is 69.0 Å². The first-order chi connectivity index (χ1) is 13.2. The van der Waals surface area contributed by atoms with Crippen LogP contribution in [0.25, 0.3) is 0 Å². The van der Waals surface area contributed by atoms with Crippen molar-refractivity contribution < 1.29 is 19.4 Å². The number of piperidine rings is 1. The summed E-state index contributed by atoms with van der Waals surface area (Å²) >= 11 is 0. The summed E-state index contributed by atoms with van der Waals surface area (Å²) in [6, 6.07) is -0.437. The molecule has 0 aromatic carbocycles. The maximum absolute atomic E-state index is 12.6. The van der Waals surface area contributed by atoms with Gasteiger partial charge in [-0.3, -0.25) is 19.5 Å². The Morgan fingerprint density at radius 2 is 2.00 bits per heavy atom. The molecule has 9 heteroatoms. The Balaban J connectivity index is 1.58. The summed E-state index contributed by atoms with van der Waals surface area (Å²) in [6.45, 7) is 6.55. The summed E-state index contributed by atoms with van der Waals surface area (Å²) in [6.07, 6.45) is 2.07. The summed E-state index contributed by atoms with van der Waals surface area (Å²) in [7, 11) is 0. The minimum absolute atomic E-state index is 0.0708. The first-order valence-corrected chi connectivity index (χ1v) is 9.85. The second kappa shape index (κ2) is 7.71. The summed E-state index contributed by atoms with van der Waals surface area (Å²) in [4.78, 5) is 37.8. The normalized spacial score (nSPS) is 27.0. The van der Waals surface area contributed by atoms with Crippen LogP contribution in [0.15, 0.2) is 4.79 Å². The van der Waals surface area contributed by atoms with Crippen molar-refractivity contribution in [2.24, 2.45) is 0 Å². The highest BCUT2D eigenvalue weighted by Crippen LogP contribution is 2.39. The molecule has 3 rings (SSSR count). The molecule has 0 unspecified atom stereocenters. The minimum Gasteiger partial charge on any atom is -0.388 e. The first kappa shape index (κ1) is 20.6. The van der Waals surface area contributed by atoms with Crippen molar-refractivity contribution in [2.75, 3.05) is 19.7 Å². The molecule has 0 bridgehead atoms. The van der Waals surface area contributed by atoms with Crippen LogP contribution in [-0.2, 0) is 20.7 Å². The molecular formula is C19H30N4O5. The van der Waals surface area contributed by atoms with Crippen LogP contribution in [0.2, 0.25) is 0 Å². The highest BCUT2D eigenvalue weighted by molar-refractivity contribution is 5.79. The number of hydrogen-bond donors (Lipinski definition) is 4. The fourth-order valence-corrected chi connectivity index (χ4v) is 4.19. The third-order valence-electron chi connectivity index (χ3n) is 6.09. The number of aromatic nitrogens is 2. The van der Waals surface area contributed by atoms with Crippen LogP contribution in [0.5, 0.6) is 0 Å². The number of aryl methyl sites for hydroxylation is 1. The third-order valence-corrected chi connectivity index (χ3v) is 6.09. The predicted octanol–water partition coefficient (Wildman–Crippen LogP) is -0.0188. The number of hydrogen-bond acceptors (Lipinski definition) is 5. The number of rotatable bonds is 4. The predicted molar refractivity (Wildman–Crippen MR) is 102 cm³/mol. The highest BCUT2D eigenvalue weighted by atomic mass is 16.5. The first-order valence-electron chi connectivity index (χ1n) is 9.85. The van der Waals surface area contributed by atoms with E-state index in [1.807, 2.05) is 0 Å². The van der Waals surface area contributed by atoms with Gasteiger partial charge in [0, 0.05) is 37.2 Å². The van der Waals surface area contributed by atoms with Gasteiger partial charge in [0.15, 0.2) is 0 Å². The maximum atomic E-state index is 12.6. The number of amides is 2. The Hall–Kier alpha value is -2.13. The molecule has 2 saturated heterocycles. The van der Waals surface area contributed by atoms with Gasteiger partial charge < -0.3 is 25.2 Å².